The number of hydrogen-bond acceptors (Lipinski definition) is 4. The molecule has 0 radical (unpaired) electrons. The van der Waals surface area contributed by atoms with Gasteiger partial charge in [-0.1, -0.05) is 13.0 Å². The Hall–Kier alpha value is -1.81. The largest absolute Gasteiger partial charge is 0.308 e. The Bertz CT molecular complexity index is 444. The van der Waals surface area contributed by atoms with Crippen LogP contribution < -0.4 is 5.32 Å². The van der Waals surface area contributed by atoms with Crippen LogP contribution in [0.2, 0.25) is 0 Å². The summed E-state index contributed by atoms with van der Waals surface area (Å²) in [6.45, 7) is 3.13. The van der Waals surface area contributed by atoms with Crippen molar-refractivity contribution in [3.05, 3.63) is 54.4 Å². The normalized spacial score (nSPS) is 12.3. The molecule has 1 N–H and O–H groups in total. The Balaban J connectivity index is 2.10. The van der Waals surface area contributed by atoms with Gasteiger partial charge in [-0.15, -0.1) is 0 Å². The molecule has 0 bridgehead atoms. The molecule has 0 aliphatic rings. The quantitative estimate of drug-likeness (QED) is 0.843. The fourth-order valence-electron chi connectivity index (χ4n) is 1.85. The van der Waals surface area contributed by atoms with Gasteiger partial charge in [-0.3, -0.25) is 15.0 Å². The molecule has 0 aliphatic carbocycles. The van der Waals surface area contributed by atoms with Crippen molar-refractivity contribution in [1.29, 1.82) is 0 Å². The second-order valence-electron chi connectivity index (χ2n) is 4.20. The van der Waals surface area contributed by atoms with Gasteiger partial charge < -0.3 is 5.32 Å². The smallest absolute Gasteiger partial charge is 0.0759 e. The van der Waals surface area contributed by atoms with Crippen molar-refractivity contribution in [3.63, 3.8) is 0 Å². The summed E-state index contributed by atoms with van der Waals surface area (Å²) in [6, 6.07) is 4.25. The summed E-state index contributed by atoms with van der Waals surface area (Å²) in [7, 11) is 0. The zero-order valence-electron chi connectivity index (χ0n) is 10.6. The molecule has 4 nitrogen and oxygen atoms in total. The van der Waals surface area contributed by atoms with Gasteiger partial charge in [0.1, 0.15) is 0 Å². The highest BCUT2D eigenvalue weighted by atomic mass is 14.9. The lowest BCUT2D eigenvalue weighted by Crippen LogP contribution is -2.25. The van der Waals surface area contributed by atoms with E-state index in [1.54, 1.807) is 18.6 Å². The monoisotopic (exact) mass is 242 g/mol. The minimum Gasteiger partial charge on any atom is -0.308 e. The van der Waals surface area contributed by atoms with Crippen LogP contribution in [-0.2, 0) is 6.42 Å². The molecule has 2 rings (SSSR count). The molecule has 2 aromatic heterocycles. The Morgan fingerprint density at radius 1 is 1.17 bits per heavy atom. The molecule has 0 amide bonds. The van der Waals surface area contributed by atoms with Crippen molar-refractivity contribution in [3.8, 4) is 0 Å². The molecule has 0 saturated heterocycles. The Kier molecular flexibility index (Phi) is 4.78. The highest BCUT2D eigenvalue weighted by Gasteiger charge is 2.12. The maximum absolute atomic E-state index is 4.38. The third kappa shape index (κ3) is 3.60. The molecule has 0 saturated carbocycles. The third-order valence-electron chi connectivity index (χ3n) is 2.74. The lowest BCUT2D eigenvalue weighted by atomic mass is 10.1. The molecular formula is C14H18N4. The first-order valence-electron chi connectivity index (χ1n) is 6.28. The van der Waals surface area contributed by atoms with E-state index in [2.05, 4.69) is 33.3 Å². The molecule has 2 aromatic rings. The second-order valence-corrected chi connectivity index (χ2v) is 4.20. The van der Waals surface area contributed by atoms with Crippen LogP contribution in [0.5, 0.6) is 0 Å². The van der Waals surface area contributed by atoms with Gasteiger partial charge in [0.05, 0.1) is 11.7 Å². The number of aromatic nitrogens is 3. The number of rotatable bonds is 6. The molecular weight excluding hydrogens is 224 g/mol. The van der Waals surface area contributed by atoms with Gasteiger partial charge in [0.25, 0.3) is 0 Å². The molecule has 0 aromatic carbocycles. The fourth-order valence-corrected chi connectivity index (χ4v) is 1.85. The number of hydrogen-bond donors (Lipinski definition) is 1. The van der Waals surface area contributed by atoms with Crippen molar-refractivity contribution in [2.75, 3.05) is 6.54 Å². The molecule has 0 aliphatic heterocycles. The molecule has 18 heavy (non-hydrogen) atoms. The average Bonchev–Trinajstić information content (AvgIpc) is 2.45. The zero-order chi connectivity index (χ0) is 12.6. The first-order chi connectivity index (χ1) is 8.90. The minimum atomic E-state index is 0.197. The summed E-state index contributed by atoms with van der Waals surface area (Å²) in [4.78, 5) is 12.7. The van der Waals surface area contributed by atoms with Gasteiger partial charge in [-0.25, -0.2) is 0 Å². The van der Waals surface area contributed by atoms with Crippen LogP contribution in [0.1, 0.15) is 30.6 Å². The second kappa shape index (κ2) is 6.81. The summed E-state index contributed by atoms with van der Waals surface area (Å²) in [5, 5.41) is 3.50. The Morgan fingerprint density at radius 2 is 2.06 bits per heavy atom. The average molecular weight is 242 g/mol. The van der Waals surface area contributed by atoms with Crippen molar-refractivity contribution < 1.29 is 0 Å². The van der Waals surface area contributed by atoms with Crippen molar-refractivity contribution in [2.24, 2.45) is 0 Å². The molecule has 4 heteroatoms. The highest BCUT2D eigenvalue weighted by molar-refractivity contribution is 5.14. The van der Waals surface area contributed by atoms with Gasteiger partial charge in [0, 0.05) is 31.0 Å². The van der Waals surface area contributed by atoms with Crippen LogP contribution >= 0.6 is 0 Å². The van der Waals surface area contributed by atoms with E-state index in [0.717, 1.165) is 25.1 Å². The van der Waals surface area contributed by atoms with E-state index in [0.29, 0.717) is 0 Å². The fraction of sp³-hybridized carbons (Fsp3) is 0.357. The summed E-state index contributed by atoms with van der Waals surface area (Å²) in [5.74, 6) is 0. The minimum absolute atomic E-state index is 0.197. The van der Waals surface area contributed by atoms with Crippen LogP contribution in [0.4, 0.5) is 0 Å². The van der Waals surface area contributed by atoms with Crippen LogP contribution in [0.3, 0.4) is 0 Å². The van der Waals surface area contributed by atoms with Crippen molar-refractivity contribution in [1.82, 2.24) is 20.3 Å². The number of pyridine rings is 1. The molecule has 94 valence electrons. The maximum atomic E-state index is 4.38. The van der Waals surface area contributed by atoms with E-state index in [4.69, 9.17) is 0 Å². The first-order valence-corrected chi connectivity index (χ1v) is 6.28. The first kappa shape index (κ1) is 12.6. The molecule has 0 spiro atoms. The van der Waals surface area contributed by atoms with Gasteiger partial charge in [0.15, 0.2) is 0 Å². The number of nitrogens with zero attached hydrogens (tertiary/aromatic N) is 3. The van der Waals surface area contributed by atoms with E-state index >= 15 is 0 Å². The van der Waals surface area contributed by atoms with Gasteiger partial charge in [-0.05, 0) is 31.0 Å². The van der Waals surface area contributed by atoms with E-state index in [1.807, 2.05) is 18.5 Å². The molecule has 1 atom stereocenters. The van der Waals surface area contributed by atoms with Gasteiger partial charge >= 0.3 is 0 Å². The van der Waals surface area contributed by atoms with Crippen LogP contribution in [0.25, 0.3) is 0 Å². The lowest BCUT2D eigenvalue weighted by molar-refractivity contribution is 0.515. The molecule has 1 unspecified atom stereocenters. The number of nitrogens with one attached hydrogen (secondary N) is 1. The van der Waals surface area contributed by atoms with Crippen LogP contribution in [-0.4, -0.2) is 21.5 Å². The predicted molar refractivity (Wildman–Crippen MR) is 71.0 cm³/mol. The summed E-state index contributed by atoms with van der Waals surface area (Å²) in [6.07, 6.45) is 10.9. The summed E-state index contributed by atoms with van der Waals surface area (Å²) in [5.41, 5.74) is 2.19. The SMILES string of the molecule is CCCNC(Cc1cccnc1)c1cnccn1. The van der Waals surface area contributed by atoms with E-state index < -0.39 is 0 Å². The molecule has 0 fully saturated rings. The van der Waals surface area contributed by atoms with Crippen LogP contribution in [0, 0.1) is 0 Å². The predicted octanol–water partition coefficient (Wildman–Crippen LogP) is 2.16. The van der Waals surface area contributed by atoms with Crippen molar-refractivity contribution in [2.45, 2.75) is 25.8 Å². The summed E-state index contributed by atoms with van der Waals surface area (Å²) < 4.78 is 0. The van der Waals surface area contributed by atoms with E-state index in [9.17, 15) is 0 Å². The van der Waals surface area contributed by atoms with E-state index in [-0.39, 0.29) is 6.04 Å². The molecule has 2 heterocycles. The van der Waals surface area contributed by atoms with Gasteiger partial charge in [0.2, 0.25) is 0 Å². The van der Waals surface area contributed by atoms with Crippen molar-refractivity contribution >= 4 is 0 Å². The third-order valence-corrected chi connectivity index (χ3v) is 2.74. The highest BCUT2D eigenvalue weighted by Crippen LogP contribution is 2.15. The van der Waals surface area contributed by atoms with E-state index in [1.165, 1.54) is 5.56 Å². The van der Waals surface area contributed by atoms with Crippen LogP contribution in [0.15, 0.2) is 43.1 Å². The maximum Gasteiger partial charge on any atom is 0.0759 e. The Morgan fingerprint density at radius 3 is 2.72 bits per heavy atom. The van der Waals surface area contributed by atoms with Gasteiger partial charge in [-0.2, -0.15) is 0 Å². The zero-order valence-corrected chi connectivity index (χ0v) is 10.6. The Labute approximate surface area is 108 Å². The summed E-state index contributed by atoms with van der Waals surface area (Å²) >= 11 is 0. The topological polar surface area (TPSA) is 50.7 Å². The lowest BCUT2D eigenvalue weighted by Gasteiger charge is -2.17. The standard InChI is InChI=1S/C14H18N4/c1-2-5-17-13(14-11-16-7-8-18-14)9-12-4-3-6-15-10-12/h3-4,6-8,10-11,13,17H,2,5,9H2,1H3.